The minimum absolute atomic E-state index is 0.398. The summed E-state index contributed by atoms with van der Waals surface area (Å²) in [6.45, 7) is 4.35. The molecule has 0 aliphatic rings. The van der Waals surface area contributed by atoms with E-state index in [1.165, 1.54) is 13.8 Å². The number of rotatable bonds is 4. The molecule has 0 saturated carbocycles. The molecule has 4 nitrogen and oxygen atoms in total. The van der Waals surface area contributed by atoms with Gasteiger partial charge < -0.3 is 9.47 Å². The van der Waals surface area contributed by atoms with Crippen molar-refractivity contribution in [1.82, 2.24) is 0 Å². The summed E-state index contributed by atoms with van der Waals surface area (Å²) in [6, 6.07) is 9.20. The normalized spacial score (nSPS) is 13.6. The van der Waals surface area contributed by atoms with Gasteiger partial charge in [-0.1, -0.05) is 30.3 Å². The van der Waals surface area contributed by atoms with Gasteiger partial charge in [0.2, 0.25) is 0 Å². The molecular weight excluding hydrogens is 227 g/mol. The number of ether oxygens (including phenoxy) is 2. The van der Waals surface area contributed by atoms with E-state index in [9.17, 15) is 9.59 Å². The molecule has 4 heteroatoms. The van der Waals surface area contributed by atoms with Gasteiger partial charge in [-0.2, -0.15) is 0 Å². The van der Waals surface area contributed by atoms with E-state index in [0.29, 0.717) is 0 Å². The SMILES string of the molecule is CC(=O)O[C@@H](C)[13C@@H](OC(C)=O)[13c]1[13cH][13cH][13cH][13cH][13cH]1. The van der Waals surface area contributed by atoms with Gasteiger partial charge in [0.15, 0.2) is 6.10 Å². The van der Waals surface area contributed by atoms with Crippen LogP contribution < -0.4 is 0 Å². The Balaban J connectivity index is 2.87. The van der Waals surface area contributed by atoms with Crippen LogP contribution in [0.1, 0.15) is 32.4 Å². The van der Waals surface area contributed by atoms with Crippen molar-refractivity contribution < 1.29 is 19.1 Å². The van der Waals surface area contributed by atoms with E-state index < -0.39 is 24.1 Å². The Hall–Kier alpha value is -1.84. The summed E-state index contributed by atoms with van der Waals surface area (Å²) in [5.41, 5.74) is 0.802. The highest BCUT2D eigenvalue weighted by Gasteiger charge is 2.24. The summed E-state index contributed by atoms with van der Waals surface area (Å²) in [4.78, 5) is 22.0. The number of hydrogen-bond acceptors (Lipinski definition) is 4. The first-order valence-electron chi connectivity index (χ1n) is 5.40. The first kappa shape index (κ1) is 13.2. The smallest absolute Gasteiger partial charge is 0.303 e. The lowest BCUT2D eigenvalue weighted by Crippen LogP contribution is -2.25. The molecular formula is C13H16O4. The van der Waals surface area contributed by atoms with Crippen LogP contribution in [0, 0.1) is 0 Å². The zero-order chi connectivity index (χ0) is 12.8. The highest BCUT2D eigenvalue weighted by Crippen LogP contribution is 2.23. The van der Waals surface area contributed by atoms with E-state index in [0.717, 1.165) is 5.56 Å². The molecule has 0 amide bonds. The summed E-state index contributed by atoms with van der Waals surface area (Å²) in [5.74, 6) is -0.802. The van der Waals surface area contributed by atoms with Crippen LogP contribution in [-0.4, -0.2) is 18.0 Å². The Bertz CT molecular complexity index is 386. The summed E-state index contributed by atoms with van der Waals surface area (Å²) in [6.07, 6.45) is -1.09. The van der Waals surface area contributed by atoms with E-state index in [4.69, 9.17) is 9.47 Å². The third-order valence-corrected chi connectivity index (χ3v) is 2.20. The summed E-state index contributed by atoms with van der Waals surface area (Å²) >= 11 is 0. The summed E-state index contributed by atoms with van der Waals surface area (Å²) < 4.78 is 10.2. The van der Waals surface area contributed by atoms with Crippen molar-refractivity contribution in [1.29, 1.82) is 0 Å². The van der Waals surface area contributed by atoms with E-state index in [2.05, 4.69) is 0 Å². The van der Waals surface area contributed by atoms with Crippen molar-refractivity contribution in [2.75, 3.05) is 0 Å². The molecule has 17 heavy (non-hydrogen) atoms. The summed E-state index contributed by atoms with van der Waals surface area (Å²) in [7, 11) is 0. The van der Waals surface area contributed by atoms with Gasteiger partial charge in [-0.25, -0.2) is 0 Å². The van der Waals surface area contributed by atoms with Gasteiger partial charge in [-0.05, 0) is 12.5 Å². The molecule has 0 bridgehead atoms. The highest BCUT2D eigenvalue weighted by atomic mass is 16.6. The number of benzene rings is 1. The van der Waals surface area contributed by atoms with Crippen LogP contribution in [0.15, 0.2) is 30.3 Å². The van der Waals surface area contributed by atoms with E-state index in [-0.39, 0.29) is 0 Å². The molecule has 1 aromatic rings. The fraction of sp³-hybridized carbons (Fsp3) is 0.385. The lowest BCUT2D eigenvalue weighted by molar-refractivity contribution is -0.164. The van der Waals surface area contributed by atoms with Crippen molar-refractivity contribution in [2.24, 2.45) is 0 Å². The predicted octanol–water partition coefficient (Wildman–Crippen LogP) is 2.24. The topological polar surface area (TPSA) is 52.6 Å². The van der Waals surface area contributed by atoms with Crippen LogP contribution in [0.25, 0.3) is 0 Å². The van der Waals surface area contributed by atoms with Crippen molar-refractivity contribution >= 4 is 11.9 Å². The van der Waals surface area contributed by atoms with Gasteiger partial charge in [0.1, 0.15) is 6.10 Å². The van der Waals surface area contributed by atoms with Gasteiger partial charge in [-0.3, -0.25) is 9.59 Å². The maximum atomic E-state index is 11.1. The van der Waals surface area contributed by atoms with Crippen molar-refractivity contribution in [2.45, 2.75) is 33.0 Å². The molecule has 1 rings (SSSR count). The zero-order valence-electron chi connectivity index (χ0n) is 10.2. The summed E-state index contributed by atoms with van der Waals surface area (Å²) in [5, 5.41) is 0. The quantitative estimate of drug-likeness (QED) is 0.601. The van der Waals surface area contributed by atoms with Crippen LogP contribution in [0.5, 0.6) is 0 Å². The highest BCUT2D eigenvalue weighted by molar-refractivity contribution is 5.67. The maximum Gasteiger partial charge on any atom is 0.303 e. The monoisotopic (exact) mass is 243 g/mol. The van der Waals surface area contributed by atoms with Crippen LogP contribution in [0.2, 0.25) is 0 Å². The van der Waals surface area contributed by atoms with Gasteiger partial charge in [0.05, 0.1) is 0 Å². The average Bonchev–Trinajstić information content (AvgIpc) is 2.25. The van der Waals surface area contributed by atoms with Crippen LogP contribution in [-0.2, 0) is 19.1 Å². The Labute approximate surface area is 101 Å². The molecule has 0 aromatic heterocycles. The number of carbonyl (C=O) groups is 2. The molecule has 2 atom stereocenters. The molecule has 0 heterocycles. The van der Waals surface area contributed by atoms with Gasteiger partial charge in [0.25, 0.3) is 0 Å². The largest absolute Gasteiger partial charge is 0.459 e. The van der Waals surface area contributed by atoms with E-state index in [1.54, 1.807) is 6.92 Å². The molecule has 0 saturated heterocycles. The molecule has 92 valence electrons. The number of hydrogen-bond donors (Lipinski definition) is 0. The van der Waals surface area contributed by atoms with Crippen LogP contribution in [0.4, 0.5) is 0 Å². The Kier molecular flexibility index (Phi) is 4.69. The molecule has 1 aromatic carbocycles. The fourth-order valence-electron chi connectivity index (χ4n) is 1.58. The maximum absolute atomic E-state index is 11.1. The fourth-order valence-corrected chi connectivity index (χ4v) is 1.58. The lowest BCUT2D eigenvalue weighted by atomic mass is 10.5. The minimum atomic E-state index is -0.572. The first-order chi connectivity index (χ1) is 8.00. The Morgan fingerprint density at radius 2 is 1.53 bits per heavy atom. The second kappa shape index (κ2) is 6.03. The second-order valence-corrected chi connectivity index (χ2v) is 3.76. The van der Waals surface area contributed by atoms with Crippen molar-refractivity contribution in [3.63, 3.8) is 0 Å². The Morgan fingerprint density at radius 3 is 2.00 bits per heavy atom. The van der Waals surface area contributed by atoms with Gasteiger partial charge in [0, 0.05) is 13.8 Å². The predicted molar refractivity (Wildman–Crippen MR) is 62.2 cm³/mol. The molecule has 0 N–H and O–H groups in total. The van der Waals surface area contributed by atoms with E-state index in [1.807, 2.05) is 30.3 Å². The molecule has 0 radical (unpaired) electrons. The standard InChI is InChI=1S/C13H16O4/c1-9(16-10(2)14)13(17-11(3)15)12-7-5-4-6-8-12/h4-9,13H,1-3H3/t9-,13+/m0/s1/i4+1,5+1,6+1,7+1,8+1,12+1,13+1. The first-order valence-corrected chi connectivity index (χ1v) is 5.40. The van der Waals surface area contributed by atoms with Crippen LogP contribution in [0.3, 0.4) is 0 Å². The van der Waals surface area contributed by atoms with Crippen molar-refractivity contribution in [3.8, 4) is 0 Å². The van der Waals surface area contributed by atoms with Crippen molar-refractivity contribution in [3.05, 3.63) is 35.9 Å². The molecule has 0 aliphatic carbocycles. The van der Waals surface area contributed by atoms with Gasteiger partial charge in [-0.15, -0.1) is 0 Å². The second-order valence-electron chi connectivity index (χ2n) is 3.76. The molecule has 0 spiro atoms. The zero-order valence-corrected chi connectivity index (χ0v) is 10.2. The van der Waals surface area contributed by atoms with E-state index >= 15 is 0 Å². The average molecular weight is 243 g/mol. The molecule has 0 aliphatic heterocycles. The van der Waals surface area contributed by atoms with Crippen LogP contribution >= 0.6 is 0 Å². The number of carbonyl (C=O) groups excluding carboxylic acids is 2. The molecule has 0 fully saturated rings. The molecule has 0 unspecified atom stereocenters. The lowest BCUT2D eigenvalue weighted by Gasteiger charge is -2.23. The third kappa shape index (κ3) is 4.26. The number of esters is 2. The van der Waals surface area contributed by atoms with Gasteiger partial charge >= 0.3 is 11.9 Å². The minimum Gasteiger partial charge on any atom is -0.459 e. The Morgan fingerprint density at radius 1 is 1.00 bits per heavy atom. The third-order valence-electron chi connectivity index (χ3n) is 2.20.